The summed E-state index contributed by atoms with van der Waals surface area (Å²) in [6.07, 6.45) is 1.57. The molecule has 0 aliphatic heterocycles. The first-order chi connectivity index (χ1) is 8.77. The lowest BCUT2D eigenvalue weighted by atomic mass is 10.00. The fourth-order valence-corrected chi connectivity index (χ4v) is 2.40. The molecule has 2 aromatic rings. The van der Waals surface area contributed by atoms with Crippen LogP contribution in [0.1, 0.15) is 21.3 Å². The summed E-state index contributed by atoms with van der Waals surface area (Å²) in [5, 5.41) is 10.9. The van der Waals surface area contributed by atoms with E-state index in [-0.39, 0.29) is 5.78 Å². The summed E-state index contributed by atoms with van der Waals surface area (Å²) in [7, 11) is 1.50. The maximum absolute atomic E-state index is 12.3. The number of hydrogen-bond acceptors (Lipinski definition) is 5. The third-order valence-corrected chi connectivity index (χ3v) is 3.36. The first-order valence-electron chi connectivity index (χ1n) is 5.24. The lowest BCUT2D eigenvalue weighted by Gasteiger charge is -2.07. The summed E-state index contributed by atoms with van der Waals surface area (Å²) < 4.78 is 5.10. The molecule has 4 nitrogen and oxygen atoms in total. The fourth-order valence-electron chi connectivity index (χ4n) is 1.57. The van der Waals surface area contributed by atoms with Crippen molar-refractivity contribution in [2.24, 2.45) is 0 Å². The molecule has 0 amide bonds. The van der Waals surface area contributed by atoms with Crippen LogP contribution >= 0.6 is 11.3 Å². The van der Waals surface area contributed by atoms with E-state index in [0.717, 1.165) is 0 Å². The quantitative estimate of drug-likeness (QED) is 0.791. The second-order valence-electron chi connectivity index (χ2n) is 3.50. The molecule has 0 spiro atoms. The van der Waals surface area contributed by atoms with Gasteiger partial charge in [0.2, 0.25) is 0 Å². The number of Topliss-reactive ketones (excluding diaryl/α,β-unsaturated/α-hetero) is 1. The summed E-state index contributed by atoms with van der Waals surface area (Å²) in [5.41, 5.74) is 0.459. The molecule has 0 saturated heterocycles. The molecule has 0 fully saturated rings. The van der Waals surface area contributed by atoms with Crippen molar-refractivity contribution in [3.05, 3.63) is 46.4 Å². The molecular weight excluding hydrogens is 248 g/mol. The highest BCUT2D eigenvalue weighted by Crippen LogP contribution is 2.29. The molecule has 0 aromatic carbocycles. The Morgan fingerprint density at radius 3 is 2.94 bits per heavy atom. The number of thiophene rings is 1. The largest absolute Gasteiger partial charge is 0.495 e. The highest BCUT2D eigenvalue weighted by Gasteiger charge is 2.26. The minimum Gasteiger partial charge on any atom is -0.495 e. The maximum atomic E-state index is 12.3. The average molecular weight is 258 g/mol. The Morgan fingerprint density at radius 1 is 1.50 bits per heavy atom. The van der Waals surface area contributed by atoms with Crippen LogP contribution in [0.25, 0.3) is 0 Å². The molecular formula is C13H10N2O2S. The predicted octanol–water partition coefficient (Wildman–Crippen LogP) is 2.64. The van der Waals surface area contributed by atoms with Crippen LogP contribution in [-0.4, -0.2) is 17.9 Å². The maximum Gasteiger partial charge on any atom is 0.199 e. The van der Waals surface area contributed by atoms with Gasteiger partial charge < -0.3 is 4.74 Å². The van der Waals surface area contributed by atoms with Crippen LogP contribution in [0.5, 0.6) is 5.75 Å². The van der Waals surface area contributed by atoms with Gasteiger partial charge in [0.1, 0.15) is 10.6 Å². The zero-order valence-electron chi connectivity index (χ0n) is 9.66. The van der Waals surface area contributed by atoms with Crippen LogP contribution in [0, 0.1) is 11.3 Å². The number of pyridine rings is 1. The predicted molar refractivity (Wildman–Crippen MR) is 67.8 cm³/mol. The van der Waals surface area contributed by atoms with E-state index in [0.29, 0.717) is 16.3 Å². The van der Waals surface area contributed by atoms with Crippen molar-refractivity contribution in [3.8, 4) is 11.8 Å². The van der Waals surface area contributed by atoms with Gasteiger partial charge >= 0.3 is 0 Å². The van der Waals surface area contributed by atoms with Gasteiger partial charge in [-0.25, -0.2) is 0 Å². The van der Waals surface area contributed by atoms with Crippen LogP contribution in [0.3, 0.4) is 0 Å². The summed E-state index contributed by atoms with van der Waals surface area (Å²) in [4.78, 5) is 16.8. The Morgan fingerprint density at radius 2 is 2.33 bits per heavy atom. The normalized spacial score (nSPS) is 11.6. The molecule has 0 saturated carbocycles. The lowest BCUT2D eigenvalue weighted by molar-refractivity contribution is 0.0979. The van der Waals surface area contributed by atoms with Crippen molar-refractivity contribution in [1.29, 1.82) is 5.26 Å². The molecule has 2 rings (SSSR count). The molecule has 0 radical (unpaired) electrons. The zero-order chi connectivity index (χ0) is 13.0. The van der Waals surface area contributed by atoms with Gasteiger partial charge in [0.05, 0.1) is 18.9 Å². The molecule has 2 heterocycles. The van der Waals surface area contributed by atoms with E-state index in [4.69, 9.17) is 10.00 Å². The van der Waals surface area contributed by atoms with E-state index in [1.54, 1.807) is 35.8 Å². The smallest absolute Gasteiger partial charge is 0.199 e. The van der Waals surface area contributed by atoms with Gasteiger partial charge in [0, 0.05) is 6.20 Å². The Balaban J connectivity index is 2.36. The zero-order valence-corrected chi connectivity index (χ0v) is 10.5. The van der Waals surface area contributed by atoms with E-state index in [1.165, 1.54) is 18.4 Å². The molecule has 90 valence electrons. The first kappa shape index (κ1) is 12.3. The Kier molecular flexibility index (Phi) is 3.70. The Hall–Kier alpha value is -2.19. The number of nitriles is 1. The second kappa shape index (κ2) is 5.43. The third kappa shape index (κ3) is 2.24. The number of nitrogens with zero attached hydrogens (tertiary/aromatic N) is 2. The number of aromatic nitrogens is 1. The minimum absolute atomic E-state index is 0.275. The van der Waals surface area contributed by atoms with Crippen LogP contribution in [-0.2, 0) is 0 Å². The van der Waals surface area contributed by atoms with Crippen LogP contribution < -0.4 is 4.74 Å². The fraction of sp³-hybridized carbons (Fsp3) is 0.154. The number of carbonyl (C=O) groups excluding carboxylic acids is 1. The van der Waals surface area contributed by atoms with E-state index in [9.17, 15) is 4.79 Å². The second-order valence-corrected chi connectivity index (χ2v) is 4.42. The molecule has 2 aromatic heterocycles. The van der Waals surface area contributed by atoms with E-state index < -0.39 is 5.92 Å². The lowest BCUT2D eigenvalue weighted by Crippen LogP contribution is -2.12. The van der Waals surface area contributed by atoms with Crippen molar-refractivity contribution in [1.82, 2.24) is 4.98 Å². The van der Waals surface area contributed by atoms with Crippen molar-refractivity contribution >= 4 is 17.1 Å². The third-order valence-electron chi connectivity index (χ3n) is 2.45. The van der Waals surface area contributed by atoms with E-state index in [1.807, 2.05) is 6.07 Å². The summed E-state index contributed by atoms with van der Waals surface area (Å²) in [6, 6.07) is 8.88. The monoisotopic (exact) mass is 258 g/mol. The van der Waals surface area contributed by atoms with Gasteiger partial charge in [-0.3, -0.25) is 9.78 Å². The van der Waals surface area contributed by atoms with E-state index >= 15 is 0 Å². The van der Waals surface area contributed by atoms with Crippen molar-refractivity contribution in [3.63, 3.8) is 0 Å². The summed E-state index contributed by atoms with van der Waals surface area (Å²) in [5.74, 6) is -0.664. The molecule has 1 unspecified atom stereocenters. The van der Waals surface area contributed by atoms with Crippen molar-refractivity contribution < 1.29 is 9.53 Å². The topological polar surface area (TPSA) is 63.0 Å². The highest BCUT2D eigenvalue weighted by atomic mass is 32.1. The Bertz CT molecular complexity index is 587. The molecule has 0 aliphatic carbocycles. The van der Waals surface area contributed by atoms with E-state index in [2.05, 4.69) is 4.98 Å². The molecule has 18 heavy (non-hydrogen) atoms. The summed E-state index contributed by atoms with van der Waals surface area (Å²) in [6.45, 7) is 0. The van der Waals surface area contributed by atoms with Gasteiger partial charge in [-0.1, -0.05) is 6.07 Å². The van der Waals surface area contributed by atoms with Gasteiger partial charge in [-0.15, -0.1) is 11.3 Å². The number of methoxy groups -OCH3 is 1. The van der Waals surface area contributed by atoms with Crippen molar-refractivity contribution in [2.45, 2.75) is 5.92 Å². The van der Waals surface area contributed by atoms with Crippen molar-refractivity contribution in [2.75, 3.05) is 7.11 Å². The standard InChI is InChI=1S/C13H10N2O2S/c1-17-11-5-7-18-13(11)12(16)9(8-14)10-4-2-3-6-15-10/h2-7,9H,1H3. The summed E-state index contributed by atoms with van der Waals surface area (Å²) >= 11 is 1.27. The van der Waals surface area contributed by atoms with Crippen LogP contribution in [0.15, 0.2) is 35.8 Å². The molecule has 0 aliphatic rings. The molecule has 0 bridgehead atoms. The van der Waals surface area contributed by atoms with Gasteiger partial charge in [0.25, 0.3) is 0 Å². The number of carbonyl (C=O) groups is 1. The number of ketones is 1. The number of hydrogen-bond donors (Lipinski definition) is 0. The molecule has 0 N–H and O–H groups in total. The van der Waals surface area contributed by atoms with Gasteiger partial charge in [-0.05, 0) is 23.6 Å². The number of ether oxygens (including phenoxy) is 1. The van der Waals surface area contributed by atoms with Gasteiger partial charge in [0.15, 0.2) is 11.7 Å². The van der Waals surface area contributed by atoms with Crippen LogP contribution in [0.4, 0.5) is 0 Å². The average Bonchev–Trinajstić information content (AvgIpc) is 2.89. The SMILES string of the molecule is COc1ccsc1C(=O)C(C#N)c1ccccn1. The molecule has 5 heteroatoms. The van der Waals surface area contributed by atoms with Crippen LogP contribution in [0.2, 0.25) is 0 Å². The molecule has 1 atom stereocenters. The van der Waals surface area contributed by atoms with Gasteiger partial charge in [-0.2, -0.15) is 5.26 Å². The minimum atomic E-state index is -0.890. The Labute approximate surface area is 108 Å². The number of rotatable bonds is 4. The highest BCUT2D eigenvalue weighted by molar-refractivity contribution is 7.12. The first-order valence-corrected chi connectivity index (χ1v) is 6.12.